The van der Waals surface area contributed by atoms with Crippen LogP contribution in [0.5, 0.6) is 0 Å². The van der Waals surface area contributed by atoms with E-state index >= 15 is 0 Å². The molecule has 0 aliphatic heterocycles. The smallest absolute Gasteiger partial charge is 0.317 e. The van der Waals surface area contributed by atoms with Crippen molar-refractivity contribution in [3.05, 3.63) is 35.4 Å². The molecule has 0 amide bonds. The van der Waals surface area contributed by atoms with Crippen LogP contribution in [-0.4, -0.2) is 24.6 Å². The van der Waals surface area contributed by atoms with Gasteiger partial charge in [0.25, 0.3) is 6.43 Å². The summed E-state index contributed by atoms with van der Waals surface area (Å²) >= 11 is 0. The maximum atomic E-state index is 13.1. The number of methoxy groups -OCH3 is 1. The third-order valence-corrected chi connectivity index (χ3v) is 3.67. The number of carbonyl (C=O) groups is 1. The van der Waals surface area contributed by atoms with Crippen molar-refractivity contribution >= 4 is 5.97 Å². The first-order valence-electron chi connectivity index (χ1n) is 7.02. The zero-order valence-electron chi connectivity index (χ0n) is 12.6. The molecule has 2 unspecified atom stereocenters. The molecule has 0 saturated heterocycles. The third kappa shape index (κ3) is 4.24. The van der Waals surface area contributed by atoms with Gasteiger partial charge in [-0.15, -0.1) is 0 Å². The summed E-state index contributed by atoms with van der Waals surface area (Å²) in [5, 5.41) is 10.4. The van der Waals surface area contributed by atoms with Crippen molar-refractivity contribution in [3.63, 3.8) is 0 Å². The monoisotopic (exact) mass is 300 g/mol. The average Bonchev–Trinajstić information content (AvgIpc) is 2.44. The van der Waals surface area contributed by atoms with E-state index in [1.54, 1.807) is 24.3 Å². The quantitative estimate of drug-likeness (QED) is 0.786. The van der Waals surface area contributed by atoms with Crippen LogP contribution in [0.1, 0.15) is 37.8 Å². The molecule has 2 atom stereocenters. The molecule has 118 valence electrons. The molecule has 0 saturated carbocycles. The molecule has 1 aromatic rings. The molecule has 0 bridgehead atoms. The fraction of sp³-hybridized carbons (Fsp3) is 0.562. The number of ether oxygens (including phenoxy) is 1. The van der Waals surface area contributed by atoms with Gasteiger partial charge in [0.1, 0.15) is 11.5 Å². The minimum atomic E-state index is -3.01. The van der Waals surface area contributed by atoms with Crippen molar-refractivity contribution in [2.24, 2.45) is 5.92 Å². The van der Waals surface area contributed by atoms with E-state index in [4.69, 9.17) is 0 Å². The number of benzene rings is 1. The van der Waals surface area contributed by atoms with Gasteiger partial charge in [-0.25, -0.2) is 8.78 Å². The summed E-state index contributed by atoms with van der Waals surface area (Å²) in [5.74, 6) is -3.03. The lowest BCUT2D eigenvalue weighted by Gasteiger charge is -2.31. The molecule has 0 aromatic heterocycles. The van der Waals surface area contributed by atoms with Gasteiger partial charge in [0.15, 0.2) is 0 Å². The molecule has 0 heterocycles. The number of unbranched alkanes of at least 4 members (excludes halogenated alkanes) is 1. The lowest BCUT2D eigenvalue weighted by atomic mass is 9.82. The highest BCUT2D eigenvalue weighted by Crippen LogP contribution is 2.34. The zero-order valence-corrected chi connectivity index (χ0v) is 12.6. The molecule has 0 radical (unpaired) electrons. The molecule has 5 heteroatoms. The molecule has 0 aliphatic rings. The summed E-state index contributed by atoms with van der Waals surface area (Å²) in [6, 6.07) is 6.76. The van der Waals surface area contributed by atoms with Crippen LogP contribution in [-0.2, 0) is 21.6 Å². The van der Waals surface area contributed by atoms with Crippen LogP contribution in [0, 0.1) is 5.92 Å². The van der Waals surface area contributed by atoms with E-state index in [1.165, 1.54) is 6.92 Å². The van der Waals surface area contributed by atoms with Gasteiger partial charge >= 0.3 is 5.97 Å². The molecule has 1 aromatic carbocycles. The van der Waals surface area contributed by atoms with E-state index < -0.39 is 23.9 Å². The van der Waals surface area contributed by atoms with E-state index in [1.807, 2.05) is 0 Å². The largest absolute Gasteiger partial charge is 0.469 e. The van der Waals surface area contributed by atoms with Crippen molar-refractivity contribution in [2.75, 3.05) is 7.11 Å². The highest BCUT2D eigenvalue weighted by molar-refractivity contribution is 5.74. The summed E-state index contributed by atoms with van der Waals surface area (Å²) in [4.78, 5) is 11.5. The van der Waals surface area contributed by atoms with Crippen molar-refractivity contribution in [3.8, 4) is 0 Å². The standard InChI is InChI=1S/C16H22F2O3/c1-4-5-6-11-7-9-12(10-8-11)16(2,20)13(14(17)18)15(19)21-3/h7-10,13-14,20H,4-6H2,1-3H3. The highest BCUT2D eigenvalue weighted by atomic mass is 19.3. The van der Waals surface area contributed by atoms with Gasteiger partial charge in [0, 0.05) is 0 Å². The third-order valence-electron chi connectivity index (χ3n) is 3.67. The number of halogens is 2. The summed E-state index contributed by atoms with van der Waals surface area (Å²) in [6.07, 6.45) is -0.00619. The van der Waals surface area contributed by atoms with Gasteiger partial charge < -0.3 is 9.84 Å². The number of hydrogen-bond acceptors (Lipinski definition) is 3. The van der Waals surface area contributed by atoms with Gasteiger partial charge in [0.05, 0.1) is 7.11 Å². The van der Waals surface area contributed by atoms with Crippen molar-refractivity contribution in [1.29, 1.82) is 0 Å². The summed E-state index contributed by atoms with van der Waals surface area (Å²) < 4.78 is 30.6. The van der Waals surface area contributed by atoms with Crippen LogP contribution < -0.4 is 0 Å². The molecular weight excluding hydrogens is 278 g/mol. The average molecular weight is 300 g/mol. The van der Waals surface area contributed by atoms with Gasteiger partial charge in [-0.2, -0.15) is 0 Å². The first kappa shape index (κ1) is 17.6. The van der Waals surface area contributed by atoms with Crippen LogP contribution in [0.4, 0.5) is 8.78 Å². The summed E-state index contributed by atoms with van der Waals surface area (Å²) in [7, 11) is 1.03. The van der Waals surface area contributed by atoms with Crippen LogP contribution in [0.15, 0.2) is 24.3 Å². The number of esters is 1. The van der Waals surface area contributed by atoms with Crippen LogP contribution >= 0.6 is 0 Å². The second-order valence-corrected chi connectivity index (χ2v) is 5.28. The zero-order chi connectivity index (χ0) is 16.0. The normalized spacial score (nSPS) is 15.6. The van der Waals surface area contributed by atoms with E-state index in [0.29, 0.717) is 0 Å². The number of alkyl halides is 2. The molecular formula is C16H22F2O3. The lowest BCUT2D eigenvalue weighted by molar-refractivity contribution is -0.167. The van der Waals surface area contributed by atoms with E-state index in [9.17, 15) is 18.7 Å². The van der Waals surface area contributed by atoms with Crippen LogP contribution in [0.2, 0.25) is 0 Å². The topological polar surface area (TPSA) is 46.5 Å². The predicted molar refractivity (Wildman–Crippen MR) is 76.1 cm³/mol. The Kier molecular flexibility index (Phi) is 6.27. The molecule has 0 fully saturated rings. The number of carbonyl (C=O) groups excluding carboxylic acids is 1. The number of hydrogen-bond donors (Lipinski definition) is 1. The minimum absolute atomic E-state index is 0.276. The van der Waals surface area contributed by atoms with E-state index in [2.05, 4.69) is 11.7 Å². The van der Waals surface area contributed by atoms with Gasteiger partial charge in [-0.05, 0) is 30.9 Å². The first-order valence-corrected chi connectivity index (χ1v) is 7.02. The van der Waals surface area contributed by atoms with Crippen molar-refractivity contribution in [2.45, 2.75) is 45.1 Å². The fourth-order valence-electron chi connectivity index (χ4n) is 2.27. The second kappa shape index (κ2) is 7.50. The Balaban J connectivity index is 3.01. The maximum Gasteiger partial charge on any atom is 0.317 e. The summed E-state index contributed by atoms with van der Waals surface area (Å²) in [6.45, 7) is 3.30. The number of aliphatic hydroxyl groups is 1. The highest BCUT2D eigenvalue weighted by Gasteiger charge is 2.46. The Morgan fingerprint density at radius 3 is 2.33 bits per heavy atom. The molecule has 1 rings (SSSR count). The van der Waals surface area contributed by atoms with Gasteiger partial charge in [0.2, 0.25) is 0 Å². The second-order valence-electron chi connectivity index (χ2n) is 5.28. The molecule has 3 nitrogen and oxygen atoms in total. The SMILES string of the molecule is CCCCc1ccc(C(C)(O)C(C(=O)OC)C(F)F)cc1. The molecule has 1 N–H and O–H groups in total. The number of rotatable bonds is 7. The minimum Gasteiger partial charge on any atom is -0.469 e. The lowest BCUT2D eigenvalue weighted by Crippen LogP contribution is -2.42. The van der Waals surface area contributed by atoms with Gasteiger partial charge in [-0.1, -0.05) is 37.6 Å². The van der Waals surface area contributed by atoms with Crippen molar-refractivity contribution < 1.29 is 23.4 Å². The van der Waals surface area contributed by atoms with Crippen molar-refractivity contribution in [1.82, 2.24) is 0 Å². The Bertz CT molecular complexity index is 455. The molecule has 0 spiro atoms. The number of aryl methyl sites for hydroxylation is 1. The molecule has 21 heavy (non-hydrogen) atoms. The fourth-order valence-corrected chi connectivity index (χ4v) is 2.27. The molecule has 0 aliphatic carbocycles. The Morgan fingerprint density at radius 1 is 1.33 bits per heavy atom. The van der Waals surface area contributed by atoms with Crippen LogP contribution in [0.25, 0.3) is 0 Å². The Labute approximate surface area is 123 Å². The van der Waals surface area contributed by atoms with E-state index in [-0.39, 0.29) is 5.56 Å². The van der Waals surface area contributed by atoms with Crippen LogP contribution in [0.3, 0.4) is 0 Å². The van der Waals surface area contributed by atoms with Gasteiger partial charge in [-0.3, -0.25) is 4.79 Å². The summed E-state index contributed by atoms with van der Waals surface area (Å²) in [5.41, 5.74) is -0.633. The predicted octanol–water partition coefficient (Wildman–Crippen LogP) is 3.29. The Hall–Kier alpha value is -1.49. The maximum absolute atomic E-state index is 13.1. The first-order chi connectivity index (χ1) is 9.84. The Morgan fingerprint density at radius 2 is 1.90 bits per heavy atom. The van der Waals surface area contributed by atoms with E-state index in [0.717, 1.165) is 31.9 Å².